The molecule has 0 bridgehead atoms. The molecule has 0 N–H and O–H groups in total. The fraction of sp³-hybridized carbons (Fsp3) is 0.0667. The lowest BCUT2D eigenvalue weighted by Crippen LogP contribution is -2.15. The maximum Gasteiger partial charge on any atom is 0.0541 e. The van der Waals surface area contributed by atoms with E-state index in [4.69, 9.17) is 0 Å². The van der Waals surface area contributed by atoms with Crippen LogP contribution in [0, 0.1) is 5.92 Å². The first-order valence-electron chi connectivity index (χ1n) is 16.5. The summed E-state index contributed by atoms with van der Waals surface area (Å²) in [6.45, 7) is 2.30. The van der Waals surface area contributed by atoms with Gasteiger partial charge in [-0.05, 0) is 95.8 Å². The average molecular weight is 601 g/mol. The van der Waals surface area contributed by atoms with E-state index in [0.29, 0.717) is 5.92 Å². The summed E-state index contributed by atoms with van der Waals surface area (Å²) in [5.41, 5.74) is 15.6. The van der Waals surface area contributed by atoms with Gasteiger partial charge in [-0.1, -0.05) is 109 Å². The quantitative estimate of drug-likeness (QED) is 0.191. The van der Waals surface area contributed by atoms with Gasteiger partial charge in [0.1, 0.15) is 0 Å². The highest BCUT2D eigenvalue weighted by Gasteiger charge is 2.28. The van der Waals surface area contributed by atoms with Gasteiger partial charge in [0.15, 0.2) is 0 Å². The van der Waals surface area contributed by atoms with E-state index >= 15 is 0 Å². The molecule has 222 valence electrons. The Kier molecular flexibility index (Phi) is 5.65. The summed E-state index contributed by atoms with van der Waals surface area (Å²) in [5.74, 6) is 0.394. The largest absolute Gasteiger partial charge is 0.313 e. The first kappa shape index (κ1) is 26.4. The van der Waals surface area contributed by atoms with Gasteiger partial charge in [0.2, 0.25) is 0 Å². The molecule has 8 aromatic rings. The van der Waals surface area contributed by atoms with E-state index in [1.165, 1.54) is 88.4 Å². The Morgan fingerprint density at radius 3 is 1.81 bits per heavy atom. The molecule has 0 amide bonds. The lowest BCUT2D eigenvalue weighted by Gasteiger charge is -2.31. The zero-order chi connectivity index (χ0) is 31.1. The molecular weight excluding hydrogens is 569 g/mol. The second-order valence-corrected chi connectivity index (χ2v) is 13.0. The number of para-hydroxylation sites is 3. The van der Waals surface area contributed by atoms with Crippen LogP contribution in [0.4, 0.5) is 0 Å². The van der Waals surface area contributed by atoms with Gasteiger partial charge >= 0.3 is 0 Å². The monoisotopic (exact) mass is 600 g/mol. The highest BCUT2D eigenvalue weighted by Crippen LogP contribution is 2.46. The van der Waals surface area contributed by atoms with E-state index in [1.807, 2.05) is 0 Å². The van der Waals surface area contributed by atoms with Crippen molar-refractivity contribution < 1.29 is 0 Å². The molecule has 2 heterocycles. The van der Waals surface area contributed by atoms with Crippen molar-refractivity contribution in [1.29, 1.82) is 0 Å². The van der Waals surface area contributed by atoms with Crippen LogP contribution >= 0.6 is 0 Å². The summed E-state index contributed by atoms with van der Waals surface area (Å²) in [5, 5.41) is 5.14. The third-order valence-corrected chi connectivity index (χ3v) is 10.4. The van der Waals surface area contributed by atoms with Crippen molar-refractivity contribution >= 4 is 61.0 Å². The normalized spacial score (nSPS) is 15.9. The summed E-state index contributed by atoms with van der Waals surface area (Å²) < 4.78 is 4.89. The number of rotatable bonds is 3. The Morgan fingerprint density at radius 2 is 1.09 bits per heavy atom. The Bertz CT molecular complexity index is 2660. The predicted molar refractivity (Wildman–Crippen MR) is 200 cm³/mol. The maximum atomic E-state index is 2.51. The van der Waals surface area contributed by atoms with E-state index in [0.717, 1.165) is 6.42 Å². The lowest BCUT2D eigenvalue weighted by molar-refractivity contribution is 0.777. The molecule has 0 saturated heterocycles. The van der Waals surface area contributed by atoms with E-state index in [9.17, 15) is 0 Å². The summed E-state index contributed by atoms with van der Waals surface area (Å²) in [6, 6.07) is 51.1. The van der Waals surface area contributed by atoms with Crippen LogP contribution < -0.4 is 0 Å². The van der Waals surface area contributed by atoms with Gasteiger partial charge in [-0.2, -0.15) is 0 Å². The smallest absolute Gasteiger partial charge is 0.0541 e. The molecule has 47 heavy (non-hydrogen) atoms. The van der Waals surface area contributed by atoms with Gasteiger partial charge in [-0.3, -0.25) is 0 Å². The van der Waals surface area contributed by atoms with Gasteiger partial charge < -0.3 is 9.13 Å². The van der Waals surface area contributed by atoms with Gasteiger partial charge in [0, 0.05) is 38.8 Å². The third kappa shape index (κ3) is 3.91. The zero-order valence-corrected chi connectivity index (χ0v) is 26.2. The summed E-state index contributed by atoms with van der Waals surface area (Å²) >= 11 is 0. The number of aromatic nitrogens is 2. The van der Waals surface area contributed by atoms with Crippen molar-refractivity contribution in [1.82, 2.24) is 9.13 Å². The van der Waals surface area contributed by atoms with Gasteiger partial charge in [0.05, 0.1) is 22.1 Å². The highest BCUT2D eigenvalue weighted by molar-refractivity contribution is 6.13. The van der Waals surface area contributed by atoms with Gasteiger partial charge in [-0.15, -0.1) is 0 Å². The van der Waals surface area contributed by atoms with E-state index in [1.54, 1.807) is 0 Å². The Morgan fingerprint density at radius 1 is 0.511 bits per heavy atom. The predicted octanol–water partition coefficient (Wildman–Crippen LogP) is 11.9. The fourth-order valence-electron chi connectivity index (χ4n) is 8.24. The molecule has 0 saturated carbocycles. The molecule has 1 unspecified atom stereocenters. The number of nitrogens with zero attached hydrogens (tertiary/aromatic N) is 2. The van der Waals surface area contributed by atoms with Crippen molar-refractivity contribution in [2.24, 2.45) is 5.92 Å². The van der Waals surface area contributed by atoms with Crippen molar-refractivity contribution in [3.05, 3.63) is 168 Å². The molecule has 2 heteroatoms. The summed E-state index contributed by atoms with van der Waals surface area (Å²) in [4.78, 5) is 0. The fourth-order valence-corrected chi connectivity index (χ4v) is 8.24. The van der Waals surface area contributed by atoms with Crippen molar-refractivity contribution in [2.75, 3.05) is 0 Å². The minimum atomic E-state index is 0.394. The molecule has 0 fully saturated rings. The van der Waals surface area contributed by atoms with Crippen LogP contribution in [-0.4, -0.2) is 9.13 Å². The van der Waals surface area contributed by atoms with E-state index in [-0.39, 0.29) is 0 Å². The third-order valence-electron chi connectivity index (χ3n) is 10.4. The van der Waals surface area contributed by atoms with Crippen LogP contribution in [0.5, 0.6) is 0 Å². The number of hydrogen-bond acceptors (Lipinski definition) is 0. The Labute approximate surface area is 273 Å². The minimum absolute atomic E-state index is 0.394. The van der Waals surface area contributed by atoms with Crippen LogP contribution in [0.3, 0.4) is 0 Å². The minimum Gasteiger partial charge on any atom is -0.313 e. The van der Waals surface area contributed by atoms with Gasteiger partial charge in [0.25, 0.3) is 0 Å². The Balaban J connectivity index is 1.13. The number of fused-ring (bicyclic) bond motifs is 9. The number of benzene rings is 6. The molecule has 2 aliphatic rings. The first-order chi connectivity index (χ1) is 23.2. The van der Waals surface area contributed by atoms with Crippen molar-refractivity contribution in [3.63, 3.8) is 0 Å². The van der Waals surface area contributed by atoms with Crippen LogP contribution in [0.2, 0.25) is 0 Å². The van der Waals surface area contributed by atoms with Crippen molar-refractivity contribution in [3.8, 4) is 16.8 Å². The molecule has 1 atom stereocenters. The Hall–Kier alpha value is -5.86. The SMILES string of the molecule is CC1=Cc2ccccc2C2=CC=C(n3c4ccccc4c4cc(-c5ccc6c(c5)c5ccccc5n6-c5ccccc5)ccc43)CC12. The molecule has 0 spiro atoms. The van der Waals surface area contributed by atoms with Crippen LogP contribution in [-0.2, 0) is 0 Å². The highest BCUT2D eigenvalue weighted by atomic mass is 15.0. The van der Waals surface area contributed by atoms with Crippen LogP contribution in [0.15, 0.2) is 157 Å². The number of allylic oxidation sites excluding steroid dienone is 5. The van der Waals surface area contributed by atoms with Crippen LogP contribution in [0.1, 0.15) is 24.5 Å². The lowest BCUT2D eigenvalue weighted by atomic mass is 9.75. The van der Waals surface area contributed by atoms with Crippen LogP contribution in [0.25, 0.3) is 77.8 Å². The standard InChI is InChI=1S/C45H32N2/c1-29-25-32-11-5-6-14-35(32)36-22-21-34(28-39(29)36)47-43-18-10-8-16-38(43)41-27-31(20-24-45(41)47)30-19-23-44-40(26-30)37-15-7-9-17-42(37)46(44)33-12-3-2-4-13-33/h2-27,39H,28H2,1H3. The second-order valence-electron chi connectivity index (χ2n) is 13.0. The molecule has 2 aromatic heterocycles. The molecule has 2 nitrogen and oxygen atoms in total. The first-order valence-corrected chi connectivity index (χ1v) is 16.5. The maximum absolute atomic E-state index is 2.51. The van der Waals surface area contributed by atoms with Crippen molar-refractivity contribution in [2.45, 2.75) is 13.3 Å². The topological polar surface area (TPSA) is 9.86 Å². The molecule has 0 aliphatic heterocycles. The van der Waals surface area contributed by atoms with E-state index < -0.39 is 0 Å². The van der Waals surface area contributed by atoms with E-state index in [2.05, 4.69) is 174 Å². The van der Waals surface area contributed by atoms with Gasteiger partial charge in [-0.25, -0.2) is 0 Å². The molecule has 2 aliphatic carbocycles. The second kappa shape index (κ2) is 10.1. The average Bonchev–Trinajstić information content (AvgIpc) is 3.64. The molecular formula is C45H32N2. The summed E-state index contributed by atoms with van der Waals surface area (Å²) in [6.07, 6.45) is 8.10. The summed E-state index contributed by atoms with van der Waals surface area (Å²) in [7, 11) is 0. The molecule has 0 radical (unpaired) electrons. The molecule has 6 aromatic carbocycles. The molecule has 10 rings (SSSR count). The number of hydrogen-bond donors (Lipinski definition) is 0. The zero-order valence-electron chi connectivity index (χ0n) is 26.2.